The van der Waals surface area contributed by atoms with Gasteiger partial charge in [0, 0.05) is 24.2 Å². The van der Waals surface area contributed by atoms with Gasteiger partial charge in [0.25, 0.3) is 5.69 Å². The van der Waals surface area contributed by atoms with Crippen molar-refractivity contribution in [1.29, 1.82) is 0 Å². The molecule has 0 aliphatic rings. The molecule has 1 aromatic heterocycles. The van der Waals surface area contributed by atoms with Crippen LogP contribution in [0.1, 0.15) is 18.2 Å². The van der Waals surface area contributed by atoms with Crippen LogP contribution in [0.2, 0.25) is 0 Å². The van der Waals surface area contributed by atoms with Crippen LogP contribution in [0, 0.1) is 24.0 Å². The maximum absolute atomic E-state index is 10.9. The molecule has 2 aromatic rings. The largest absolute Gasteiger partial charge is 0.369 e. The van der Waals surface area contributed by atoms with E-state index in [9.17, 15) is 10.1 Å². The van der Waals surface area contributed by atoms with Gasteiger partial charge < -0.3 is 5.32 Å². The van der Waals surface area contributed by atoms with Crippen LogP contribution in [-0.2, 0) is 0 Å². The lowest BCUT2D eigenvalue weighted by atomic mass is 10.1. The normalized spacial score (nSPS) is 10.5. The molecule has 7 heteroatoms. The highest BCUT2D eigenvalue weighted by Crippen LogP contribution is 2.30. The molecule has 0 unspecified atom stereocenters. The van der Waals surface area contributed by atoms with Crippen LogP contribution in [0.3, 0.4) is 0 Å². The van der Waals surface area contributed by atoms with Gasteiger partial charge in [-0.3, -0.25) is 10.1 Å². The number of rotatable bonds is 4. The number of hydrogen-bond acceptors (Lipinski definition) is 5. The zero-order valence-electron chi connectivity index (χ0n) is 12.0. The maximum Gasteiger partial charge on any atom is 0.270 e. The summed E-state index contributed by atoms with van der Waals surface area (Å²) in [6.07, 6.45) is 0. The van der Waals surface area contributed by atoms with Gasteiger partial charge in [0.1, 0.15) is 5.82 Å². The minimum atomic E-state index is -0.417. The fourth-order valence-electron chi connectivity index (χ4n) is 1.93. The lowest BCUT2D eigenvalue weighted by Gasteiger charge is -2.11. The second kappa shape index (κ2) is 6.17. The molecule has 0 spiro atoms. The topological polar surface area (TPSA) is 81.0 Å². The number of halogens is 1. The summed E-state index contributed by atoms with van der Waals surface area (Å²) >= 11 is 3.45. The number of nitro benzene ring substituents is 1. The fraction of sp³-hybridized carbons (Fsp3) is 0.286. The summed E-state index contributed by atoms with van der Waals surface area (Å²) in [5, 5.41) is 14.1. The third-order valence-electron chi connectivity index (χ3n) is 3.03. The standard InChI is InChI=1S/C14H15BrN4O2/c1-4-16-14-12(15)9(3)17-13(18-14)11-7-10(19(20)21)6-5-8(11)2/h5-7H,4H2,1-3H3,(H,16,17,18). The second-order valence-corrected chi connectivity index (χ2v) is 5.37. The maximum atomic E-state index is 10.9. The van der Waals surface area contributed by atoms with Crippen molar-refractivity contribution in [2.45, 2.75) is 20.8 Å². The molecule has 6 nitrogen and oxygen atoms in total. The van der Waals surface area contributed by atoms with Gasteiger partial charge >= 0.3 is 0 Å². The second-order valence-electron chi connectivity index (χ2n) is 4.58. The molecule has 0 aliphatic heterocycles. The van der Waals surface area contributed by atoms with E-state index in [-0.39, 0.29) is 5.69 Å². The molecule has 0 saturated carbocycles. The van der Waals surface area contributed by atoms with E-state index in [0.29, 0.717) is 17.2 Å². The summed E-state index contributed by atoms with van der Waals surface area (Å²) in [6.45, 7) is 6.44. The zero-order chi connectivity index (χ0) is 15.6. The predicted octanol–water partition coefficient (Wildman–Crippen LogP) is 3.86. The van der Waals surface area contributed by atoms with Crippen molar-refractivity contribution in [2.75, 3.05) is 11.9 Å². The van der Waals surface area contributed by atoms with E-state index in [4.69, 9.17) is 0 Å². The van der Waals surface area contributed by atoms with Crippen molar-refractivity contribution in [3.63, 3.8) is 0 Å². The molecule has 0 bridgehead atoms. The molecular weight excluding hydrogens is 336 g/mol. The third kappa shape index (κ3) is 3.18. The van der Waals surface area contributed by atoms with Crippen molar-refractivity contribution >= 4 is 27.4 Å². The smallest absolute Gasteiger partial charge is 0.270 e. The summed E-state index contributed by atoms with van der Waals surface area (Å²) in [7, 11) is 0. The Bertz CT molecular complexity index is 704. The van der Waals surface area contributed by atoms with Gasteiger partial charge in [-0.05, 0) is 42.3 Å². The number of aromatic nitrogens is 2. The van der Waals surface area contributed by atoms with Gasteiger partial charge in [-0.2, -0.15) is 0 Å². The number of anilines is 1. The third-order valence-corrected chi connectivity index (χ3v) is 3.98. The molecule has 21 heavy (non-hydrogen) atoms. The minimum Gasteiger partial charge on any atom is -0.369 e. The van der Waals surface area contributed by atoms with Gasteiger partial charge in [-0.25, -0.2) is 9.97 Å². The van der Waals surface area contributed by atoms with Crippen LogP contribution < -0.4 is 5.32 Å². The monoisotopic (exact) mass is 350 g/mol. The van der Waals surface area contributed by atoms with Gasteiger partial charge in [-0.1, -0.05) is 6.07 Å². The Morgan fingerprint density at radius 3 is 2.67 bits per heavy atom. The molecule has 0 amide bonds. The van der Waals surface area contributed by atoms with Crippen LogP contribution in [0.15, 0.2) is 22.7 Å². The summed E-state index contributed by atoms with van der Waals surface area (Å²) in [5.74, 6) is 1.17. The lowest BCUT2D eigenvalue weighted by Crippen LogP contribution is -2.05. The van der Waals surface area contributed by atoms with E-state index in [2.05, 4.69) is 31.2 Å². The van der Waals surface area contributed by atoms with Gasteiger partial charge in [0.05, 0.1) is 15.1 Å². The molecular formula is C14H15BrN4O2. The van der Waals surface area contributed by atoms with E-state index in [1.54, 1.807) is 6.07 Å². The van der Waals surface area contributed by atoms with Crippen LogP contribution >= 0.6 is 15.9 Å². The van der Waals surface area contributed by atoms with E-state index in [0.717, 1.165) is 22.3 Å². The average Bonchev–Trinajstić information content (AvgIpc) is 2.44. The van der Waals surface area contributed by atoms with Gasteiger partial charge in [0.15, 0.2) is 5.82 Å². The Kier molecular flexibility index (Phi) is 4.52. The van der Waals surface area contributed by atoms with Crippen molar-refractivity contribution in [1.82, 2.24) is 9.97 Å². The molecule has 0 aliphatic carbocycles. The summed E-state index contributed by atoms with van der Waals surface area (Å²) in [5.41, 5.74) is 2.37. The Hall–Kier alpha value is -2.02. The van der Waals surface area contributed by atoms with Crippen LogP contribution in [0.5, 0.6) is 0 Å². The number of nitrogens with one attached hydrogen (secondary N) is 1. The van der Waals surface area contributed by atoms with E-state index in [1.807, 2.05) is 20.8 Å². The molecule has 0 fully saturated rings. The van der Waals surface area contributed by atoms with Gasteiger partial charge in [0.2, 0.25) is 0 Å². The Morgan fingerprint density at radius 1 is 1.33 bits per heavy atom. The number of hydrogen-bond donors (Lipinski definition) is 1. The molecule has 0 radical (unpaired) electrons. The fourth-order valence-corrected chi connectivity index (χ4v) is 2.25. The average molecular weight is 351 g/mol. The predicted molar refractivity (Wildman–Crippen MR) is 85.5 cm³/mol. The molecule has 2 rings (SSSR count). The number of nitro groups is 1. The first-order chi connectivity index (χ1) is 9.93. The SMILES string of the molecule is CCNc1nc(-c2cc([N+](=O)[O-])ccc2C)nc(C)c1Br. The zero-order valence-corrected chi connectivity index (χ0v) is 13.6. The van der Waals surface area contributed by atoms with Crippen molar-refractivity contribution in [2.24, 2.45) is 0 Å². The lowest BCUT2D eigenvalue weighted by molar-refractivity contribution is -0.384. The van der Waals surface area contributed by atoms with E-state index < -0.39 is 4.92 Å². The molecule has 1 aromatic carbocycles. The number of benzene rings is 1. The number of nitrogens with zero attached hydrogens (tertiary/aromatic N) is 3. The molecule has 1 N–H and O–H groups in total. The van der Waals surface area contributed by atoms with E-state index in [1.165, 1.54) is 12.1 Å². The molecule has 0 atom stereocenters. The van der Waals surface area contributed by atoms with Crippen LogP contribution in [0.4, 0.5) is 11.5 Å². The van der Waals surface area contributed by atoms with Crippen LogP contribution in [0.25, 0.3) is 11.4 Å². The highest BCUT2D eigenvalue weighted by molar-refractivity contribution is 9.10. The molecule has 1 heterocycles. The van der Waals surface area contributed by atoms with Crippen LogP contribution in [-0.4, -0.2) is 21.4 Å². The summed E-state index contributed by atoms with van der Waals surface area (Å²) in [6, 6.07) is 4.70. The number of non-ortho nitro benzene ring substituents is 1. The quantitative estimate of drug-likeness (QED) is 0.668. The molecule has 110 valence electrons. The Labute approximate surface area is 130 Å². The first-order valence-corrected chi connectivity index (χ1v) is 7.26. The summed E-state index contributed by atoms with van der Waals surface area (Å²) in [4.78, 5) is 19.4. The van der Waals surface area contributed by atoms with Crippen molar-refractivity contribution in [3.8, 4) is 11.4 Å². The Balaban J connectivity index is 2.61. The highest BCUT2D eigenvalue weighted by Gasteiger charge is 2.15. The van der Waals surface area contributed by atoms with Gasteiger partial charge in [-0.15, -0.1) is 0 Å². The molecule has 0 saturated heterocycles. The van der Waals surface area contributed by atoms with E-state index >= 15 is 0 Å². The Morgan fingerprint density at radius 2 is 2.05 bits per heavy atom. The first-order valence-electron chi connectivity index (χ1n) is 6.47. The first kappa shape index (κ1) is 15.4. The van der Waals surface area contributed by atoms with Crippen molar-refractivity contribution < 1.29 is 4.92 Å². The van der Waals surface area contributed by atoms with Crippen molar-refractivity contribution in [3.05, 3.63) is 44.0 Å². The highest BCUT2D eigenvalue weighted by atomic mass is 79.9. The summed E-state index contributed by atoms with van der Waals surface area (Å²) < 4.78 is 0.802. The minimum absolute atomic E-state index is 0.0322. The number of aryl methyl sites for hydroxylation is 2.